The summed E-state index contributed by atoms with van der Waals surface area (Å²) in [6, 6.07) is 18.2. The highest BCUT2D eigenvalue weighted by molar-refractivity contribution is 5.93. The van der Waals surface area contributed by atoms with Gasteiger partial charge in [-0.2, -0.15) is 5.10 Å². The average molecular weight is 279 g/mol. The normalized spacial score (nSPS) is 10.7. The van der Waals surface area contributed by atoms with Crippen LogP contribution in [0.15, 0.2) is 54.6 Å². The molecule has 1 amide bonds. The van der Waals surface area contributed by atoms with Gasteiger partial charge in [0.1, 0.15) is 0 Å². The van der Waals surface area contributed by atoms with Gasteiger partial charge < -0.3 is 5.32 Å². The summed E-state index contributed by atoms with van der Waals surface area (Å²) < 4.78 is 1.93. The fraction of sp³-hybridized carbons (Fsp3) is 0.176. The SMILES string of the molecule is CNC(=O)CCn1nc2ccccc2c1-c1ccccc1. The first-order chi connectivity index (χ1) is 10.3. The topological polar surface area (TPSA) is 46.9 Å². The highest BCUT2D eigenvalue weighted by atomic mass is 16.1. The maximum Gasteiger partial charge on any atom is 0.221 e. The Kier molecular flexibility index (Phi) is 3.69. The van der Waals surface area contributed by atoms with Crippen molar-refractivity contribution in [2.75, 3.05) is 7.05 Å². The first-order valence-corrected chi connectivity index (χ1v) is 7.01. The Hall–Kier alpha value is -2.62. The van der Waals surface area contributed by atoms with Crippen LogP contribution in [0, 0.1) is 0 Å². The number of fused-ring (bicyclic) bond motifs is 1. The highest BCUT2D eigenvalue weighted by Gasteiger charge is 2.13. The molecule has 0 saturated heterocycles. The molecule has 106 valence electrons. The average Bonchev–Trinajstić information content (AvgIpc) is 2.91. The van der Waals surface area contributed by atoms with Crippen LogP contribution in [0.25, 0.3) is 22.2 Å². The Balaban J connectivity index is 2.08. The smallest absolute Gasteiger partial charge is 0.221 e. The summed E-state index contributed by atoms with van der Waals surface area (Å²) in [5.41, 5.74) is 3.13. The predicted molar refractivity (Wildman–Crippen MR) is 83.9 cm³/mol. The van der Waals surface area contributed by atoms with Crippen molar-refractivity contribution in [1.82, 2.24) is 15.1 Å². The number of aryl methyl sites for hydroxylation is 1. The Labute approximate surface area is 123 Å². The third kappa shape index (κ3) is 2.65. The van der Waals surface area contributed by atoms with Crippen molar-refractivity contribution in [3.63, 3.8) is 0 Å². The number of aromatic nitrogens is 2. The van der Waals surface area contributed by atoms with E-state index in [0.717, 1.165) is 22.2 Å². The van der Waals surface area contributed by atoms with E-state index in [-0.39, 0.29) is 5.91 Å². The van der Waals surface area contributed by atoms with Crippen LogP contribution < -0.4 is 5.32 Å². The fourth-order valence-electron chi connectivity index (χ4n) is 2.47. The number of benzene rings is 2. The first kappa shape index (κ1) is 13.4. The standard InChI is InChI=1S/C17H17N3O/c1-18-16(21)11-12-20-17(13-7-3-2-4-8-13)14-9-5-6-10-15(14)19-20/h2-10H,11-12H2,1H3,(H,18,21). The summed E-state index contributed by atoms with van der Waals surface area (Å²) in [5.74, 6) is 0.0218. The summed E-state index contributed by atoms with van der Waals surface area (Å²) in [4.78, 5) is 11.5. The van der Waals surface area contributed by atoms with Gasteiger partial charge in [0, 0.05) is 24.4 Å². The van der Waals surface area contributed by atoms with E-state index < -0.39 is 0 Å². The molecule has 21 heavy (non-hydrogen) atoms. The number of rotatable bonds is 4. The minimum atomic E-state index is 0.0218. The molecular weight excluding hydrogens is 262 g/mol. The van der Waals surface area contributed by atoms with Crippen molar-refractivity contribution >= 4 is 16.8 Å². The molecule has 4 heteroatoms. The lowest BCUT2D eigenvalue weighted by molar-refractivity contribution is -0.120. The van der Waals surface area contributed by atoms with Crippen LogP contribution in [0.1, 0.15) is 6.42 Å². The van der Waals surface area contributed by atoms with E-state index in [4.69, 9.17) is 0 Å². The minimum Gasteiger partial charge on any atom is -0.359 e. The molecule has 1 N–H and O–H groups in total. The minimum absolute atomic E-state index is 0.0218. The van der Waals surface area contributed by atoms with Crippen molar-refractivity contribution in [1.29, 1.82) is 0 Å². The lowest BCUT2D eigenvalue weighted by atomic mass is 10.1. The van der Waals surface area contributed by atoms with Crippen LogP contribution >= 0.6 is 0 Å². The highest BCUT2D eigenvalue weighted by Crippen LogP contribution is 2.28. The van der Waals surface area contributed by atoms with Gasteiger partial charge in [-0.15, -0.1) is 0 Å². The summed E-state index contributed by atoms with van der Waals surface area (Å²) in [6.45, 7) is 0.568. The second-order valence-electron chi connectivity index (χ2n) is 4.88. The molecule has 0 aliphatic carbocycles. The molecule has 0 aliphatic rings. The second kappa shape index (κ2) is 5.79. The number of hydrogen-bond acceptors (Lipinski definition) is 2. The van der Waals surface area contributed by atoms with Gasteiger partial charge in [0.25, 0.3) is 0 Å². The number of hydrogen-bond donors (Lipinski definition) is 1. The largest absolute Gasteiger partial charge is 0.359 e. The molecule has 3 rings (SSSR count). The zero-order valence-corrected chi connectivity index (χ0v) is 11.9. The van der Waals surface area contributed by atoms with E-state index in [1.54, 1.807) is 7.05 Å². The number of nitrogens with zero attached hydrogens (tertiary/aromatic N) is 2. The molecule has 0 spiro atoms. The quantitative estimate of drug-likeness (QED) is 0.798. The van der Waals surface area contributed by atoms with Crippen molar-refractivity contribution in [2.24, 2.45) is 0 Å². The van der Waals surface area contributed by atoms with E-state index >= 15 is 0 Å². The number of carbonyl (C=O) groups is 1. The van der Waals surface area contributed by atoms with Crippen LogP contribution in [-0.2, 0) is 11.3 Å². The van der Waals surface area contributed by atoms with E-state index in [0.29, 0.717) is 13.0 Å². The number of nitrogens with one attached hydrogen (secondary N) is 1. The summed E-state index contributed by atoms with van der Waals surface area (Å²) in [5, 5.41) is 8.39. The van der Waals surface area contributed by atoms with Gasteiger partial charge >= 0.3 is 0 Å². The fourth-order valence-corrected chi connectivity index (χ4v) is 2.47. The molecule has 1 heterocycles. The van der Waals surface area contributed by atoms with E-state index in [1.165, 1.54) is 0 Å². The van der Waals surface area contributed by atoms with Crippen molar-refractivity contribution in [3.8, 4) is 11.3 Å². The molecule has 0 saturated carbocycles. The van der Waals surface area contributed by atoms with E-state index in [2.05, 4.69) is 28.6 Å². The molecule has 0 fully saturated rings. The van der Waals surface area contributed by atoms with Crippen LogP contribution in [0.2, 0.25) is 0 Å². The molecule has 0 radical (unpaired) electrons. The Bertz CT molecular complexity index is 762. The lowest BCUT2D eigenvalue weighted by Crippen LogP contribution is -2.20. The molecule has 3 aromatic rings. The first-order valence-electron chi connectivity index (χ1n) is 7.01. The second-order valence-corrected chi connectivity index (χ2v) is 4.88. The summed E-state index contributed by atoms with van der Waals surface area (Å²) in [6.07, 6.45) is 0.421. The maximum absolute atomic E-state index is 11.5. The predicted octanol–water partition coefficient (Wildman–Crippen LogP) is 2.84. The van der Waals surface area contributed by atoms with Gasteiger partial charge in [0.2, 0.25) is 5.91 Å². The van der Waals surface area contributed by atoms with Crippen molar-refractivity contribution < 1.29 is 4.79 Å². The van der Waals surface area contributed by atoms with Gasteiger partial charge in [-0.25, -0.2) is 0 Å². The van der Waals surface area contributed by atoms with Gasteiger partial charge in [0.15, 0.2) is 0 Å². The Morgan fingerprint density at radius 2 is 1.81 bits per heavy atom. The van der Waals surface area contributed by atoms with Crippen LogP contribution in [0.3, 0.4) is 0 Å². The van der Waals surface area contributed by atoms with Crippen molar-refractivity contribution in [3.05, 3.63) is 54.6 Å². The van der Waals surface area contributed by atoms with E-state index in [1.807, 2.05) is 41.1 Å². The van der Waals surface area contributed by atoms with Crippen LogP contribution in [0.4, 0.5) is 0 Å². The van der Waals surface area contributed by atoms with Gasteiger partial charge in [-0.3, -0.25) is 9.48 Å². The van der Waals surface area contributed by atoms with Gasteiger partial charge in [-0.1, -0.05) is 48.5 Å². The van der Waals surface area contributed by atoms with E-state index in [9.17, 15) is 4.79 Å². The van der Waals surface area contributed by atoms with Gasteiger partial charge in [0.05, 0.1) is 17.8 Å². The summed E-state index contributed by atoms with van der Waals surface area (Å²) >= 11 is 0. The molecule has 2 aromatic carbocycles. The maximum atomic E-state index is 11.5. The molecular formula is C17H17N3O. The molecule has 0 aliphatic heterocycles. The third-order valence-electron chi connectivity index (χ3n) is 3.52. The molecule has 0 bridgehead atoms. The third-order valence-corrected chi connectivity index (χ3v) is 3.52. The molecule has 0 unspecified atom stereocenters. The monoisotopic (exact) mass is 279 g/mol. The Morgan fingerprint density at radius 1 is 1.10 bits per heavy atom. The number of carbonyl (C=O) groups excluding carboxylic acids is 1. The molecule has 1 aromatic heterocycles. The van der Waals surface area contributed by atoms with Crippen LogP contribution in [-0.4, -0.2) is 22.7 Å². The number of amides is 1. The zero-order chi connectivity index (χ0) is 14.7. The Morgan fingerprint density at radius 3 is 2.57 bits per heavy atom. The lowest BCUT2D eigenvalue weighted by Gasteiger charge is -2.07. The molecule has 0 atom stereocenters. The van der Waals surface area contributed by atoms with Gasteiger partial charge in [-0.05, 0) is 6.07 Å². The zero-order valence-electron chi connectivity index (χ0n) is 11.9. The van der Waals surface area contributed by atoms with Crippen molar-refractivity contribution in [2.45, 2.75) is 13.0 Å². The molecule has 4 nitrogen and oxygen atoms in total. The summed E-state index contributed by atoms with van der Waals surface area (Å²) in [7, 11) is 1.65. The van der Waals surface area contributed by atoms with Crippen LogP contribution in [0.5, 0.6) is 0 Å².